The summed E-state index contributed by atoms with van der Waals surface area (Å²) in [5.74, 6) is 2.67. The van der Waals surface area contributed by atoms with Gasteiger partial charge in [-0.2, -0.15) is 0 Å². The van der Waals surface area contributed by atoms with Gasteiger partial charge in [-0.05, 0) is 30.7 Å². The van der Waals surface area contributed by atoms with E-state index >= 15 is 0 Å². The molecule has 29 heavy (non-hydrogen) atoms. The Morgan fingerprint density at radius 1 is 1.24 bits per heavy atom. The number of carbonyl (C=O) groups is 1. The fourth-order valence-electron chi connectivity index (χ4n) is 4.39. The maximum absolute atomic E-state index is 11.9. The molecular formula is C24H23N3O2. The van der Waals surface area contributed by atoms with Crippen molar-refractivity contribution in [1.82, 2.24) is 9.88 Å². The number of pyridine rings is 1. The third-order valence-electron chi connectivity index (χ3n) is 5.57. The van der Waals surface area contributed by atoms with Crippen molar-refractivity contribution in [2.75, 3.05) is 13.6 Å². The van der Waals surface area contributed by atoms with Gasteiger partial charge in [0.05, 0.1) is 12.1 Å². The number of hydrogen-bond donors (Lipinski definition) is 1. The van der Waals surface area contributed by atoms with Gasteiger partial charge in [0.1, 0.15) is 0 Å². The molecule has 1 amide bonds. The molecule has 0 saturated carbocycles. The zero-order valence-corrected chi connectivity index (χ0v) is 16.4. The van der Waals surface area contributed by atoms with Gasteiger partial charge in [-0.3, -0.25) is 9.88 Å². The first-order valence-electron chi connectivity index (χ1n) is 9.61. The van der Waals surface area contributed by atoms with Crippen LogP contribution < -0.4 is 5.73 Å². The van der Waals surface area contributed by atoms with Crippen LogP contribution in [0, 0.1) is 12.3 Å². The van der Waals surface area contributed by atoms with Gasteiger partial charge in [-0.1, -0.05) is 48.4 Å². The van der Waals surface area contributed by atoms with E-state index in [4.69, 9.17) is 16.9 Å². The Labute approximate surface area is 170 Å². The lowest BCUT2D eigenvalue weighted by Crippen LogP contribution is -2.34. The third-order valence-corrected chi connectivity index (χ3v) is 5.57. The molecule has 2 aromatic carbocycles. The standard InChI is InChI=1S/C24H23N3O2/c1-3-15-27(2)16-18-10-11-21(22-19(18)8-6-14-26-22)24(29-23(25)28)13-12-17-7-4-5-9-20(17)24/h1,4-11,14H,12-13,15-16H2,2H3,(H2,25,28). The summed E-state index contributed by atoms with van der Waals surface area (Å²) >= 11 is 0. The highest BCUT2D eigenvalue weighted by Gasteiger charge is 2.45. The SMILES string of the molecule is C#CCN(C)Cc1ccc(C2(OC(N)=O)CCc3ccccc32)c2ncccc12. The number of fused-ring (bicyclic) bond motifs is 2. The highest BCUT2D eigenvalue weighted by Crippen LogP contribution is 2.47. The first-order chi connectivity index (χ1) is 14.0. The van der Waals surface area contributed by atoms with Crippen LogP contribution in [0.15, 0.2) is 54.7 Å². The van der Waals surface area contributed by atoms with Crippen LogP contribution in [0.1, 0.15) is 28.7 Å². The molecule has 2 N–H and O–H groups in total. The van der Waals surface area contributed by atoms with Crippen molar-refractivity contribution in [2.24, 2.45) is 5.73 Å². The summed E-state index contributed by atoms with van der Waals surface area (Å²) in [6, 6.07) is 16.1. The average molecular weight is 385 g/mol. The molecule has 5 heteroatoms. The second-order valence-electron chi connectivity index (χ2n) is 7.45. The molecule has 1 aliphatic rings. The molecular weight excluding hydrogens is 362 g/mol. The minimum absolute atomic E-state index is 0.561. The summed E-state index contributed by atoms with van der Waals surface area (Å²) in [5, 5.41) is 1.02. The molecule has 1 aromatic heterocycles. The fourth-order valence-corrected chi connectivity index (χ4v) is 4.39. The second-order valence-corrected chi connectivity index (χ2v) is 7.45. The molecule has 1 unspecified atom stereocenters. The predicted molar refractivity (Wildman–Crippen MR) is 113 cm³/mol. The van der Waals surface area contributed by atoms with E-state index in [1.54, 1.807) is 6.20 Å². The lowest BCUT2D eigenvalue weighted by Gasteiger charge is -2.31. The van der Waals surface area contributed by atoms with E-state index < -0.39 is 11.7 Å². The minimum Gasteiger partial charge on any atom is -0.433 e. The van der Waals surface area contributed by atoms with E-state index in [1.807, 2.05) is 43.4 Å². The molecule has 1 aliphatic carbocycles. The Morgan fingerprint density at radius 3 is 2.86 bits per heavy atom. The number of terminal acetylenes is 1. The van der Waals surface area contributed by atoms with Crippen LogP contribution in [0.5, 0.6) is 0 Å². The second kappa shape index (κ2) is 7.57. The number of primary amides is 1. The van der Waals surface area contributed by atoms with Crippen LogP contribution >= 0.6 is 0 Å². The molecule has 0 fully saturated rings. The number of aromatic nitrogens is 1. The molecule has 1 atom stereocenters. The molecule has 0 saturated heterocycles. The Bertz CT molecular complexity index is 1120. The van der Waals surface area contributed by atoms with Gasteiger partial charge < -0.3 is 10.5 Å². The topological polar surface area (TPSA) is 68.5 Å². The quantitative estimate of drug-likeness (QED) is 0.682. The number of hydrogen-bond acceptors (Lipinski definition) is 4. The molecule has 0 spiro atoms. The molecule has 0 bridgehead atoms. The number of ether oxygens (including phenoxy) is 1. The smallest absolute Gasteiger partial charge is 0.405 e. The molecule has 5 nitrogen and oxygen atoms in total. The summed E-state index contributed by atoms with van der Waals surface area (Å²) in [7, 11) is 1.99. The Kier molecular flexibility index (Phi) is 4.96. The van der Waals surface area contributed by atoms with Crippen molar-refractivity contribution in [3.63, 3.8) is 0 Å². The first kappa shape index (κ1) is 19.0. The van der Waals surface area contributed by atoms with E-state index in [-0.39, 0.29) is 0 Å². The van der Waals surface area contributed by atoms with Crippen LogP contribution in [-0.2, 0) is 23.3 Å². The maximum atomic E-state index is 11.9. The average Bonchev–Trinajstić information content (AvgIpc) is 3.07. The first-order valence-corrected chi connectivity index (χ1v) is 9.61. The fraction of sp³-hybridized carbons (Fsp3) is 0.250. The largest absolute Gasteiger partial charge is 0.433 e. The van der Waals surface area contributed by atoms with Crippen LogP contribution in [-0.4, -0.2) is 29.6 Å². The van der Waals surface area contributed by atoms with Gasteiger partial charge in [0.2, 0.25) is 0 Å². The van der Waals surface area contributed by atoms with Crippen molar-refractivity contribution in [1.29, 1.82) is 0 Å². The van der Waals surface area contributed by atoms with E-state index in [0.29, 0.717) is 19.5 Å². The van der Waals surface area contributed by atoms with E-state index in [0.717, 1.165) is 39.6 Å². The van der Waals surface area contributed by atoms with Crippen LogP contribution in [0.4, 0.5) is 4.79 Å². The van der Waals surface area contributed by atoms with E-state index in [1.165, 1.54) is 0 Å². The normalized spacial score (nSPS) is 17.8. The zero-order valence-electron chi connectivity index (χ0n) is 16.4. The van der Waals surface area contributed by atoms with Crippen molar-refractivity contribution >= 4 is 17.0 Å². The number of rotatable bonds is 5. The van der Waals surface area contributed by atoms with Crippen LogP contribution in [0.3, 0.4) is 0 Å². The predicted octanol–water partition coefficient (Wildman–Crippen LogP) is 3.58. The molecule has 3 aromatic rings. The van der Waals surface area contributed by atoms with E-state index in [2.05, 4.69) is 27.9 Å². The number of nitrogens with two attached hydrogens (primary N) is 1. The summed E-state index contributed by atoms with van der Waals surface area (Å²) in [6.45, 7) is 1.26. The highest BCUT2D eigenvalue weighted by atomic mass is 16.6. The maximum Gasteiger partial charge on any atom is 0.405 e. The molecule has 1 heterocycles. The summed E-state index contributed by atoms with van der Waals surface area (Å²) in [4.78, 5) is 18.7. The monoisotopic (exact) mass is 385 g/mol. The zero-order chi connectivity index (χ0) is 20.4. The van der Waals surface area contributed by atoms with Crippen LogP contribution in [0.2, 0.25) is 0 Å². The number of aryl methyl sites for hydroxylation is 1. The van der Waals surface area contributed by atoms with E-state index in [9.17, 15) is 4.79 Å². The summed E-state index contributed by atoms with van der Waals surface area (Å²) in [5.41, 5.74) is 9.52. The Hall–Kier alpha value is -3.36. The van der Waals surface area contributed by atoms with Gasteiger partial charge in [-0.25, -0.2) is 4.79 Å². The lowest BCUT2D eigenvalue weighted by molar-refractivity contribution is 0.0476. The van der Waals surface area contributed by atoms with Gasteiger partial charge >= 0.3 is 6.09 Å². The van der Waals surface area contributed by atoms with Crippen molar-refractivity contribution in [2.45, 2.75) is 25.0 Å². The Balaban J connectivity index is 1.91. The lowest BCUT2D eigenvalue weighted by atomic mass is 9.85. The van der Waals surface area contributed by atoms with Gasteiger partial charge in [0.15, 0.2) is 5.60 Å². The van der Waals surface area contributed by atoms with Gasteiger partial charge in [-0.15, -0.1) is 6.42 Å². The summed E-state index contributed by atoms with van der Waals surface area (Å²) in [6.07, 6.45) is 7.87. The van der Waals surface area contributed by atoms with Gasteiger partial charge in [0, 0.05) is 35.7 Å². The minimum atomic E-state index is -0.932. The van der Waals surface area contributed by atoms with Crippen LogP contribution in [0.25, 0.3) is 10.9 Å². The molecule has 0 aliphatic heterocycles. The third kappa shape index (κ3) is 3.32. The summed E-state index contributed by atoms with van der Waals surface area (Å²) < 4.78 is 5.84. The van der Waals surface area contributed by atoms with Crippen molar-refractivity contribution in [3.05, 3.63) is 77.0 Å². The number of carbonyl (C=O) groups excluding carboxylic acids is 1. The number of amides is 1. The Morgan fingerprint density at radius 2 is 2.07 bits per heavy atom. The molecule has 4 rings (SSSR count). The van der Waals surface area contributed by atoms with Crippen molar-refractivity contribution in [3.8, 4) is 12.3 Å². The molecule has 0 radical (unpaired) electrons. The molecule has 146 valence electrons. The number of nitrogens with zero attached hydrogens (tertiary/aromatic N) is 2. The highest BCUT2D eigenvalue weighted by molar-refractivity contribution is 5.87. The van der Waals surface area contributed by atoms with Gasteiger partial charge in [0.25, 0.3) is 0 Å². The van der Waals surface area contributed by atoms with Crippen molar-refractivity contribution < 1.29 is 9.53 Å². The number of benzene rings is 2.